The minimum absolute atomic E-state index is 0.0344. The van der Waals surface area contributed by atoms with Gasteiger partial charge in [0.1, 0.15) is 11.8 Å². The van der Waals surface area contributed by atoms with Gasteiger partial charge in [-0.3, -0.25) is 4.79 Å². The van der Waals surface area contributed by atoms with E-state index in [0.29, 0.717) is 0 Å². The highest BCUT2D eigenvalue weighted by Crippen LogP contribution is 2.31. The van der Waals surface area contributed by atoms with Crippen molar-refractivity contribution in [1.29, 1.82) is 5.26 Å². The molecule has 0 spiro atoms. The van der Waals surface area contributed by atoms with E-state index in [1.54, 1.807) is 6.07 Å². The molecule has 7 heteroatoms. The third-order valence-electron chi connectivity index (χ3n) is 1.81. The van der Waals surface area contributed by atoms with E-state index >= 15 is 0 Å². The predicted molar refractivity (Wildman–Crippen MR) is 52.9 cm³/mol. The number of hydrogen-bond donors (Lipinski definition) is 1. The summed E-state index contributed by atoms with van der Waals surface area (Å²) in [7, 11) is 0. The van der Waals surface area contributed by atoms with Crippen LogP contribution in [0.5, 0.6) is 0 Å². The third kappa shape index (κ3) is 2.52. The number of hydrogen-bond acceptors (Lipinski definition) is 3. The highest BCUT2D eigenvalue weighted by molar-refractivity contribution is 9.10. The molecule has 16 heavy (non-hydrogen) atoms. The summed E-state index contributed by atoms with van der Waals surface area (Å²) in [5, 5.41) is 17.3. The van der Waals surface area contributed by atoms with E-state index in [-0.39, 0.29) is 15.7 Å². The average molecular weight is 291 g/mol. The second-order valence-corrected chi connectivity index (χ2v) is 3.63. The number of rotatable bonds is 3. The predicted octanol–water partition coefficient (Wildman–Crippen LogP) is 2.28. The largest absolute Gasteiger partial charge is 0.481 e. The van der Waals surface area contributed by atoms with Crippen molar-refractivity contribution in [3.63, 3.8) is 0 Å². The third-order valence-corrected chi connectivity index (χ3v) is 2.74. The van der Waals surface area contributed by atoms with Crippen LogP contribution in [-0.2, 0) is 11.2 Å². The molecule has 0 aromatic carbocycles. The van der Waals surface area contributed by atoms with Gasteiger partial charge in [0, 0.05) is 16.2 Å². The van der Waals surface area contributed by atoms with Crippen molar-refractivity contribution in [1.82, 2.24) is 4.98 Å². The highest BCUT2D eigenvalue weighted by Gasteiger charge is 2.20. The highest BCUT2D eigenvalue weighted by atomic mass is 79.9. The van der Waals surface area contributed by atoms with Gasteiger partial charge in [-0.1, -0.05) is 0 Å². The SMILES string of the molecule is N#Cc1ncc(C(F)F)c(Br)c1CC(=O)O. The van der Waals surface area contributed by atoms with Gasteiger partial charge < -0.3 is 5.11 Å². The number of halogens is 3. The molecule has 0 bridgehead atoms. The molecular weight excluding hydrogens is 286 g/mol. The summed E-state index contributed by atoms with van der Waals surface area (Å²) in [6, 6.07) is 1.66. The Hall–Kier alpha value is -1.55. The fourth-order valence-corrected chi connectivity index (χ4v) is 1.71. The number of alkyl halides is 2. The van der Waals surface area contributed by atoms with Gasteiger partial charge in [0.2, 0.25) is 0 Å². The van der Waals surface area contributed by atoms with E-state index < -0.39 is 24.4 Å². The molecule has 4 nitrogen and oxygen atoms in total. The Bertz CT molecular complexity index is 471. The van der Waals surface area contributed by atoms with Crippen LogP contribution in [0, 0.1) is 11.3 Å². The van der Waals surface area contributed by atoms with E-state index in [1.807, 2.05) is 0 Å². The summed E-state index contributed by atoms with van der Waals surface area (Å²) in [4.78, 5) is 14.0. The number of aliphatic carboxylic acids is 1. The molecule has 84 valence electrons. The molecule has 0 saturated heterocycles. The lowest BCUT2D eigenvalue weighted by Crippen LogP contribution is -2.07. The fourth-order valence-electron chi connectivity index (χ4n) is 1.11. The van der Waals surface area contributed by atoms with Crippen molar-refractivity contribution in [2.24, 2.45) is 0 Å². The van der Waals surface area contributed by atoms with Crippen LogP contribution in [-0.4, -0.2) is 16.1 Å². The van der Waals surface area contributed by atoms with E-state index in [4.69, 9.17) is 10.4 Å². The first-order valence-electron chi connectivity index (χ1n) is 4.04. The summed E-state index contributed by atoms with van der Waals surface area (Å²) in [5.41, 5.74) is -0.623. The number of nitriles is 1. The molecular formula is C9H5BrF2N2O2. The van der Waals surface area contributed by atoms with Crippen molar-refractivity contribution >= 4 is 21.9 Å². The van der Waals surface area contributed by atoms with Crippen LogP contribution in [0.3, 0.4) is 0 Å². The van der Waals surface area contributed by atoms with E-state index in [0.717, 1.165) is 6.20 Å². The number of carbonyl (C=O) groups is 1. The number of pyridine rings is 1. The maximum absolute atomic E-state index is 12.5. The second kappa shape index (κ2) is 4.99. The quantitative estimate of drug-likeness (QED) is 0.927. The average Bonchev–Trinajstić information content (AvgIpc) is 2.19. The molecule has 1 aromatic heterocycles. The van der Waals surface area contributed by atoms with Crippen LogP contribution in [0.2, 0.25) is 0 Å². The Morgan fingerprint density at radius 2 is 2.31 bits per heavy atom. The summed E-state index contributed by atoms with van der Waals surface area (Å²) in [6.07, 6.45) is -2.45. The fraction of sp³-hybridized carbons (Fsp3) is 0.222. The van der Waals surface area contributed by atoms with Gasteiger partial charge in [-0.15, -0.1) is 0 Å². The molecule has 0 unspecified atom stereocenters. The summed E-state index contributed by atoms with van der Waals surface area (Å²) in [6.45, 7) is 0. The monoisotopic (exact) mass is 290 g/mol. The summed E-state index contributed by atoms with van der Waals surface area (Å²) >= 11 is 2.87. The Labute approximate surface area is 97.7 Å². The van der Waals surface area contributed by atoms with Crippen molar-refractivity contribution in [2.45, 2.75) is 12.8 Å². The minimum atomic E-state index is -2.78. The van der Waals surface area contributed by atoms with Crippen LogP contribution in [0.25, 0.3) is 0 Å². The summed E-state index contributed by atoms with van der Waals surface area (Å²) < 4.78 is 24.9. The number of carboxylic acids is 1. The van der Waals surface area contributed by atoms with Crippen molar-refractivity contribution in [3.05, 3.63) is 27.5 Å². The zero-order valence-corrected chi connectivity index (χ0v) is 9.33. The van der Waals surface area contributed by atoms with Gasteiger partial charge in [0.15, 0.2) is 0 Å². The Kier molecular flexibility index (Phi) is 3.90. The first-order chi connectivity index (χ1) is 7.47. The molecule has 0 radical (unpaired) electrons. The van der Waals surface area contributed by atoms with Gasteiger partial charge in [-0.2, -0.15) is 5.26 Å². The maximum Gasteiger partial charge on any atom is 0.307 e. The molecule has 0 amide bonds. The van der Waals surface area contributed by atoms with Gasteiger partial charge in [-0.05, 0) is 15.9 Å². The Balaban J connectivity index is 3.35. The number of carboxylic acid groups (broad SMARTS) is 1. The molecule has 0 aliphatic rings. The lowest BCUT2D eigenvalue weighted by molar-refractivity contribution is -0.136. The first kappa shape index (κ1) is 12.5. The van der Waals surface area contributed by atoms with Crippen molar-refractivity contribution < 1.29 is 18.7 Å². The molecule has 0 fully saturated rings. The zero-order chi connectivity index (χ0) is 12.3. The van der Waals surface area contributed by atoms with Crippen LogP contribution in [0.4, 0.5) is 8.78 Å². The number of aromatic nitrogens is 1. The van der Waals surface area contributed by atoms with E-state index in [2.05, 4.69) is 20.9 Å². The lowest BCUT2D eigenvalue weighted by Gasteiger charge is -2.08. The van der Waals surface area contributed by atoms with Crippen LogP contribution in [0.15, 0.2) is 10.7 Å². The van der Waals surface area contributed by atoms with Crippen LogP contribution in [0.1, 0.15) is 23.2 Å². The lowest BCUT2D eigenvalue weighted by atomic mass is 10.1. The molecule has 1 N–H and O–H groups in total. The van der Waals surface area contributed by atoms with E-state index in [9.17, 15) is 13.6 Å². The minimum Gasteiger partial charge on any atom is -0.481 e. The molecule has 0 atom stereocenters. The molecule has 0 aliphatic heterocycles. The van der Waals surface area contributed by atoms with Gasteiger partial charge in [0.05, 0.1) is 12.0 Å². The summed E-state index contributed by atoms with van der Waals surface area (Å²) in [5.74, 6) is -1.22. The smallest absolute Gasteiger partial charge is 0.307 e. The van der Waals surface area contributed by atoms with E-state index in [1.165, 1.54) is 0 Å². The number of nitrogens with zero attached hydrogens (tertiary/aromatic N) is 2. The van der Waals surface area contributed by atoms with Gasteiger partial charge >= 0.3 is 5.97 Å². The molecule has 1 heterocycles. The van der Waals surface area contributed by atoms with Gasteiger partial charge in [-0.25, -0.2) is 13.8 Å². The molecule has 0 saturated carbocycles. The zero-order valence-electron chi connectivity index (χ0n) is 7.75. The normalized spacial score (nSPS) is 10.2. The maximum atomic E-state index is 12.5. The molecule has 1 rings (SSSR count). The first-order valence-corrected chi connectivity index (χ1v) is 4.84. The van der Waals surface area contributed by atoms with Crippen molar-refractivity contribution in [3.8, 4) is 6.07 Å². The van der Waals surface area contributed by atoms with Crippen molar-refractivity contribution in [2.75, 3.05) is 0 Å². The molecule has 1 aromatic rings. The Morgan fingerprint density at radius 1 is 1.69 bits per heavy atom. The molecule has 0 aliphatic carbocycles. The second-order valence-electron chi connectivity index (χ2n) is 2.84. The van der Waals surface area contributed by atoms with Crippen LogP contribution >= 0.6 is 15.9 Å². The standard InChI is InChI=1S/C9H5BrF2N2O2/c10-8-4(1-7(15)16)6(2-13)14-3-5(8)9(11)12/h3,9H,1H2,(H,15,16). The topological polar surface area (TPSA) is 74.0 Å². The Morgan fingerprint density at radius 3 is 2.75 bits per heavy atom. The van der Waals surface area contributed by atoms with Gasteiger partial charge in [0.25, 0.3) is 6.43 Å². The van der Waals surface area contributed by atoms with Crippen LogP contribution < -0.4 is 0 Å².